The molecule has 33 heavy (non-hydrogen) atoms. The van der Waals surface area contributed by atoms with E-state index in [-0.39, 0.29) is 15.4 Å². The number of aryl methyl sites for hydroxylation is 1. The number of hydrogen-bond acceptors (Lipinski definition) is 5. The van der Waals surface area contributed by atoms with Crippen LogP contribution in [0.5, 0.6) is 0 Å². The molecule has 0 aliphatic carbocycles. The van der Waals surface area contributed by atoms with Gasteiger partial charge in [-0.05, 0) is 68.1 Å². The minimum absolute atomic E-state index is 0.0726. The number of nitrogens with one attached hydrogen (secondary N) is 1. The van der Waals surface area contributed by atoms with Crippen LogP contribution < -0.4 is 5.32 Å². The highest BCUT2D eigenvalue weighted by molar-refractivity contribution is 7.89. The van der Waals surface area contributed by atoms with Crippen LogP contribution in [0.3, 0.4) is 0 Å². The lowest BCUT2D eigenvalue weighted by molar-refractivity contribution is 0.102. The molecule has 180 valence electrons. The summed E-state index contributed by atoms with van der Waals surface area (Å²) < 4.78 is 54.0. The van der Waals surface area contributed by atoms with Crippen molar-refractivity contribution in [3.8, 4) is 0 Å². The third kappa shape index (κ3) is 5.46. The van der Waals surface area contributed by atoms with Gasteiger partial charge in [0.15, 0.2) is 0 Å². The molecule has 0 saturated carbocycles. The van der Waals surface area contributed by atoms with E-state index in [1.165, 1.54) is 36.6 Å². The summed E-state index contributed by atoms with van der Waals surface area (Å²) in [5.74, 6) is -0.509. The molecule has 1 amide bonds. The maximum absolute atomic E-state index is 13.1. The van der Waals surface area contributed by atoms with Crippen molar-refractivity contribution in [2.45, 2.75) is 49.3 Å². The molecular formula is C23H31N3O5S2. The lowest BCUT2D eigenvalue weighted by Crippen LogP contribution is -2.32. The molecule has 2 aromatic carbocycles. The lowest BCUT2D eigenvalue weighted by atomic mass is 10.1. The number of rotatable bonds is 6. The smallest absolute Gasteiger partial charge is 0.255 e. The molecule has 0 spiro atoms. The van der Waals surface area contributed by atoms with Gasteiger partial charge in [-0.25, -0.2) is 21.1 Å². The second-order valence-electron chi connectivity index (χ2n) is 8.50. The predicted molar refractivity (Wildman–Crippen MR) is 128 cm³/mol. The Balaban J connectivity index is 1.91. The van der Waals surface area contributed by atoms with E-state index < -0.39 is 26.0 Å². The number of nitrogens with zero attached hydrogens (tertiary/aromatic N) is 2. The fourth-order valence-corrected chi connectivity index (χ4v) is 6.32. The van der Waals surface area contributed by atoms with E-state index in [9.17, 15) is 21.6 Å². The average Bonchev–Trinajstić information content (AvgIpc) is 3.07. The van der Waals surface area contributed by atoms with Gasteiger partial charge in [-0.3, -0.25) is 4.79 Å². The molecule has 1 fully saturated rings. The Morgan fingerprint density at radius 2 is 1.55 bits per heavy atom. The van der Waals surface area contributed by atoms with Crippen molar-refractivity contribution >= 4 is 31.6 Å². The summed E-state index contributed by atoms with van der Waals surface area (Å²) in [4.78, 5) is 13.2. The van der Waals surface area contributed by atoms with Crippen LogP contribution >= 0.6 is 0 Å². The van der Waals surface area contributed by atoms with Crippen LogP contribution in [0.15, 0.2) is 46.2 Å². The number of anilines is 1. The largest absolute Gasteiger partial charge is 0.322 e. The van der Waals surface area contributed by atoms with Crippen molar-refractivity contribution in [2.24, 2.45) is 0 Å². The van der Waals surface area contributed by atoms with Crippen LogP contribution in [0.1, 0.15) is 47.2 Å². The normalized spacial score (nSPS) is 15.9. The van der Waals surface area contributed by atoms with Crippen LogP contribution in [0.4, 0.5) is 5.69 Å². The first kappa shape index (κ1) is 25.4. The molecule has 1 saturated heterocycles. The Morgan fingerprint density at radius 1 is 0.909 bits per heavy atom. The van der Waals surface area contributed by atoms with Crippen LogP contribution in [0.2, 0.25) is 0 Å². The maximum atomic E-state index is 13.1. The fraction of sp³-hybridized carbons (Fsp3) is 0.435. The zero-order chi connectivity index (χ0) is 24.4. The first-order valence-electron chi connectivity index (χ1n) is 10.9. The molecule has 0 unspecified atom stereocenters. The van der Waals surface area contributed by atoms with E-state index in [1.54, 1.807) is 32.0 Å². The Morgan fingerprint density at radius 3 is 2.15 bits per heavy atom. The summed E-state index contributed by atoms with van der Waals surface area (Å²) >= 11 is 0. The van der Waals surface area contributed by atoms with Crippen LogP contribution in [0, 0.1) is 13.8 Å². The molecule has 1 aliphatic heterocycles. The first-order valence-corrected chi connectivity index (χ1v) is 13.8. The summed E-state index contributed by atoms with van der Waals surface area (Å²) in [7, 11) is -4.49. The van der Waals surface area contributed by atoms with Gasteiger partial charge in [0.05, 0.1) is 9.79 Å². The highest BCUT2D eigenvalue weighted by atomic mass is 32.2. The summed E-state index contributed by atoms with van der Waals surface area (Å²) in [5.41, 5.74) is 1.99. The third-order valence-corrected chi connectivity index (χ3v) is 9.65. The van der Waals surface area contributed by atoms with Gasteiger partial charge in [0.2, 0.25) is 20.0 Å². The monoisotopic (exact) mass is 493 g/mol. The number of benzene rings is 2. The van der Waals surface area contributed by atoms with E-state index >= 15 is 0 Å². The Bertz CT molecular complexity index is 1250. The Kier molecular flexibility index (Phi) is 7.62. The number of sulfonamides is 2. The van der Waals surface area contributed by atoms with Crippen molar-refractivity contribution in [1.29, 1.82) is 0 Å². The van der Waals surface area contributed by atoms with Gasteiger partial charge in [0.25, 0.3) is 5.91 Å². The van der Waals surface area contributed by atoms with Gasteiger partial charge < -0.3 is 5.32 Å². The van der Waals surface area contributed by atoms with Crippen LogP contribution in [-0.2, 0) is 20.0 Å². The minimum Gasteiger partial charge on any atom is -0.322 e. The summed E-state index contributed by atoms with van der Waals surface area (Å²) in [6.45, 7) is 4.51. The fourth-order valence-electron chi connectivity index (χ4n) is 3.74. The van der Waals surface area contributed by atoms with E-state index in [0.29, 0.717) is 24.3 Å². The van der Waals surface area contributed by atoms with Gasteiger partial charge >= 0.3 is 0 Å². The quantitative estimate of drug-likeness (QED) is 0.664. The molecule has 1 N–H and O–H groups in total. The SMILES string of the molecule is Cc1cc(S(=O)(=O)N(C)C)cc(NC(=O)c2cccc(S(=O)(=O)N3CCCCCC3)c2)c1C. The van der Waals surface area contributed by atoms with Gasteiger partial charge in [-0.1, -0.05) is 18.9 Å². The van der Waals surface area contributed by atoms with E-state index in [2.05, 4.69) is 5.32 Å². The predicted octanol–water partition coefficient (Wildman–Crippen LogP) is 3.37. The number of carbonyl (C=O) groups is 1. The van der Waals surface area contributed by atoms with Gasteiger partial charge in [0, 0.05) is 38.4 Å². The maximum Gasteiger partial charge on any atom is 0.255 e. The second kappa shape index (κ2) is 9.92. The van der Waals surface area contributed by atoms with Gasteiger partial charge in [0.1, 0.15) is 0 Å². The van der Waals surface area contributed by atoms with E-state index in [4.69, 9.17) is 0 Å². The van der Waals surface area contributed by atoms with Crippen molar-refractivity contribution in [2.75, 3.05) is 32.5 Å². The van der Waals surface area contributed by atoms with Crippen molar-refractivity contribution < 1.29 is 21.6 Å². The second-order valence-corrected chi connectivity index (χ2v) is 12.6. The van der Waals surface area contributed by atoms with Crippen molar-refractivity contribution in [3.63, 3.8) is 0 Å². The van der Waals surface area contributed by atoms with Gasteiger partial charge in [-0.2, -0.15) is 4.31 Å². The zero-order valence-electron chi connectivity index (χ0n) is 19.5. The molecule has 1 heterocycles. The number of carbonyl (C=O) groups excluding carboxylic acids is 1. The third-order valence-electron chi connectivity index (χ3n) is 5.97. The first-order chi connectivity index (χ1) is 15.4. The van der Waals surface area contributed by atoms with Crippen molar-refractivity contribution in [3.05, 3.63) is 53.1 Å². The Labute approximate surface area is 196 Å². The van der Waals surface area contributed by atoms with Crippen LogP contribution in [-0.4, -0.2) is 58.5 Å². The topological polar surface area (TPSA) is 104 Å². The molecule has 0 bridgehead atoms. The van der Waals surface area contributed by atoms with Crippen molar-refractivity contribution in [1.82, 2.24) is 8.61 Å². The summed E-state index contributed by atoms with van der Waals surface area (Å²) in [6.07, 6.45) is 3.67. The summed E-state index contributed by atoms with van der Waals surface area (Å²) in [5, 5.41) is 2.76. The molecule has 3 rings (SSSR count). The molecule has 1 aliphatic rings. The lowest BCUT2D eigenvalue weighted by Gasteiger charge is -2.20. The number of hydrogen-bond donors (Lipinski definition) is 1. The molecular weight excluding hydrogens is 462 g/mol. The zero-order valence-corrected chi connectivity index (χ0v) is 21.1. The van der Waals surface area contributed by atoms with Gasteiger partial charge in [-0.15, -0.1) is 0 Å². The van der Waals surface area contributed by atoms with E-state index in [0.717, 1.165) is 35.6 Å². The number of amides is 1. The Hall–Kier alpha value is -2.27. The molecule has 0 aromatic heterocycles. The highest BCUT2D eigenvalue weighted by Gasteiger charge is 2.26. The highest BCUT2D eigenvalue weighted by Crippen LogP contribution is 2.27. The van der Waals surface area contributed by atoms with E-state index in [1.807, 2.05) is 0 Å². The molecule has 0 radical (unpaired) electrons. The minimum atomic E-state index is -3.70. The molecule has 2 aromatic rings. The van der Waals surface area contributed by atoms with Crippen LogP contribution in [0.25, 0.3) is 0 Å². The molecule has 10 heteroatoms. The molecule has 8 nitrogen and oxygen atoms in total. The molecule has 0 atom stereocenters. The summed E-state index contributed by atoms with van der Waals surface area (Å²) in [6, 6.07) is 8.95. The standard InChI is InChI=1S/C23H31N3O5S2/c1-17-14-21(32(28,29)25(3)4)16-22(18(17)2)24-23(27)19-10-9-11-20(15-19)33(30,31)26-12-7-5-6-8-13-26/h9-11,14-16H,5-8,12-13H2,1-4H3,(H,24,27). The average molecular weight is 494 g/mol.